The molecule has 1 fully saturated rings. The molecule has 0 radical (unpaired) electrons. The first-order valence-electron chi connectivity index (χ1n) is 9.95. The molecule has 0 spiro atoms. The van der Waals surface area contributed by atoms with Crippen molar-refractivity contribution >= 4 is 29.3 Å². The predicted molar refractivity (Wildman–Crippen MR) is 111 cm³/mol. The number of Topliss-reactive ketones (excluding diaryl/α,β-unsaturated/α-hetero) is 1. The van der Waals surface area contributed by atoms with Gasteiger partial charge in [-0.2, -0.15) is 0 Å². The summed E-state index contributed by atoms with van der Waals surface area (Å²) in [5.74, 6) is -1.02. The van der Waals surface area contributed by atoms with Crippen molar-refractivity contribution in [2.24, 2.45) is 0 Å². The molecule has 2 N–H and O–H groups in total. The van der Waals surface area contributed by atoms with Crippen LogP contribution in [-0.2, 0) is 28.0 Å². The van der Waals surface area contributed by atoms with E-state index in [2.05, 4.69) is 10.6 Å². The zero-order valence-electron chi connectivity index (χ0n) is 17.0. The van der Waals surface area contributed by atoms with E-state index in [9.17, 15) is 19.2 Å². The van der Waals surface area contributed by atoms with Crippen molar-refractivity contribution in [3.63, 3.8) is 0 Å². The molecule has 1 atom stereocenters. The summed E-state index contributed by atoms with van der Waals surface area (Å²) in [5.41, 5.74) is 3.04. The zero-order valence-corrected chi connectivity index (χ0v) is 17.0. The van der Waals surface area contributed by atoms with Crippen LogP contribution in [0.15, 0.2) is 42.5 Å². The van der Waals surface area contributed by atoms with Crippen LogP contribution in [-0.4, -0.2) is 35.1 Å². The number of imide groups is 1. The molecule has 1 saturated heterocycles. The highest BCUT2D eigenvalue weighted by Crippen LogP contribution is 2.32. The van der Waals surface area contributed by atoms with Crippen LogP contribution in [0, 0.1) is 0 Å². The molecular weight excluding hydrogens is 382 g/mol. The lowest BCUT2D eigenvalue weighted by Gasteiger charge is -2.23. The Morgan fingerprint density at radius 2 is 1.77 bits per heavy atom. The second kappa shape index (κ2) is 7.40. The van der Waals surface area contributed by atoms with Crippen LogP contribution < -0.4 is 10.6 Å². The molecule has 30 heavy (non-hydrogen) atoms. The molecule has 0 aromatic heterocycles. The number of carbonyl (C=O) groups is 4. The third-order valence-corrected chi connectivity index (χ3v) is 5.83. The quantitative estimate of drug-likeness (QED) is 0.591. The Kier molecular flexibility index (Phi) is 4.89. The van der Waals surface area contributed by atoms with Gasteiger partial charge in [-0.05, 0) is 74.1 Å². The van der Waals surface area contributed by atoms with Crippen LogP contribution in [0.25, 0.3) is 0 Å². The van der Waals surface area contributed by atoms with Gasteiger partial charge in [0.2, 0.25) is 5.91 Å². The van der Waals surface area contributed by atoms with Crippen LogP contribution in [0.2, 0.25) is 0 Å². The molecule has 0 bridgehead atoms. The third-order valence-electron chi connectivity index (χ3n) is 5.83. The second-order valence-electron chi connectivity index (χ2n) is 7.97. The summed E-state index contributed by atoms with van der Waals surface area (Å²) in [4.78, 5) is 50.3. The highest BCUT2D eigenvalue weighted by Gasteiger charge is 2.49. The highest BCUT2D eigenvalue weighted by atomic mass is 16.2. The van der Waals surface area contributed by atoms with E-state index in [1.54, 1.807) is 31.2 Å². The second-order valence-corrected chi connectivity index (χ2v) is 7.97. The van der Waals surface area contributed by atoms with E-state index < -0.39 is 23.4 Å². The topological polar surface area (TPSA) is 95.6 Å². The van der Waals surface area contributed by atoms with Gasteiger partial charge in [0, 0.05) is 11.3 Å². The summed E-state index contributed by atoms with van der Waals surface area (Å²) < 4.78 is 0. The molecule has 7 nitrogen and oxygen atoms in total. The number of amides is 4. The van der Waals surface area contributed by atoms with Gasteiger partial charge in [0.15, 0.2) is 5.78 Å². The number of carbonyl (C=O) groups excluding carboxylic acids is 4. The maximum Gasteiger partial charge on any atom is 0.325 e. The van der Waals surface area contributed by atoms with Gasteiger partial charge >= 0.3 is 6.03 Å². The van der Waals surface area contributed by atoms with Crippen molar-refractivity contribution in [1.29, 1.82) is 0 Å². The molecule has 4 amide bonds. The van der Waals surface area contributed by atoms with Crippen molar-refractivity contribution in [2.75, 3.05) is 11.9 Å². The number of rotatable bonds is 5. The van der Waals surface area contributed by atoms with Crippen molar-refractivity contribution < 1.29 is 19.2 Å². The summed E-state index contributed by atoms with van der Waals surface area (Å²) in [6.07, 6.45) is 3.09. The largest absolute Gasteiger partial charge is 0.325 e. The molecular formula is C23H23N3O4. The molecule has 0 saturated carbocycles. The van der Waals surface area contributed by atoms with Gasteiger partial charge in [-0.1, -0.05) is 18.2 Å². The van der Waals surface area contributed by atoms with Crippen molar-refractivity contribution in [1.82, 2.24) is 10.2 Å². The monoisotopic (exact) mass is 405 g/mol. The SMILES string of the molecule is CC(=O)c1ccc(NC(=O)CN2C(=O)N[C@](C)(c3ccc4c(c3)CCC4)C2=O)cc1. The van der Waals surface area contributed by atoms with Crippen LogP contribution in [0.5, 0.6) is 0 Å². The standard InChI is InChI=1S/C23H23N3O4/c1-14(27)15-7-10-19(11-8-15)24-20(28)13-26-21(29)23(2,25-22(26)30)18-9-6-16-4-3-5-17(16)12-18/h6-12H,3-5,13H2,1-2H3,(H,24,28)(H,25,30)/t23-/m1/s1. The maximum atomic E-state index is 13.1. The first-order valence-corrected chi connectivity index (χ1v) is 9.95. The Bertz CT molecular complexity index is 1060. The number of fused-ring (bicyclic) bond motifs is 1. The smallest absolute Gasteiger partial charge is 0.325 e. The summed E-state index contributed by atoms with van der Waals surface area (Å²) in [6, 6.07) is 11.7. The molecule has 1 aliphatic carbocycles. The Morgan fingerprint density at radius 1 is 1.07 bits per heavy atom. The molecule has 7 heteroatoms. The van der Waals surface area contributed by atoms with Crippen LogP contribution >= 0.6 is 0 Å². The Morgan fingerprint density at radius 3 is 2.47 bits per heavy atom. The normalized spacial score (nSPS) is 20.1. The number of anilines is 1. The van der Waals surface area contributed by atoms with E-state index in [0.29, 0.717) is 11.3 Å². The van der Waals surface area contributed by atoms with Gasteiger partial charge in [0.05, 0.1) is 0 Å². The maximum absolute atomic E-state index is 13.1. The molecule has 0 unspecified atom stereocenters. The van der Waals surface area contributed by atoms with Gasteiger partial charge < -0.3 is 10.6 Å². The Labute approximate surface area is 174 Å². The predicted octanol–water partition coefficient (Wildman–Crippen LogP) is 2.78. The van der Waals surface area contributed by atoms with Crippen LogP contribution in [0.4, 0.5) is 10.5 Å². The summed E-state index contributed by atoms with van der Waals surface area (Å²) in [7, 11) is 0. The van der Waals surface area contributed by atoms with E-state index in [1.165, 1.54) is 18.1 Å². The molecule has 2 aromatic rings. The lowest BCUT2D eigenvalue weighted by molar-refractivity contribution is -0.133. The number of nitrogens with one attached hydrogen (secondary N) is 2. The minimum atomic E-state index is -1.20. The number of aryl methyl sites for hydroxylation is 2. The van der Waals surface area contributed by atoms with Crippen LogP contribution in [0.1, 0.15) is 47.3 Å². The summed E-state index contributed by atoms with van der Waals surface area (Å²) in [6.45, 7) is 2.74. The summed E-state index contributed by atoms with van der Waals surface area (Å²) in [5, 5.41) is 5.40. The lowest BCUT2D eigenvalue weighted by atomic mass is 9.89. The Hall–Kier alpha value is -3.48. The van der Waals surface area contributed by atoms with E-state index >= 15 is 0 Å². The van der Waals surface area contributed by atoms with Gasteiger partial charge in [-0.25, -0.2) is 4.79 Å². The molecule has 2 aliphatic rings. The number of nitrogens with zero attached hydrogens (tertiary/aromatic N) is 1. The molecule has 1 heterocycles. The van der Waals surface area contributed by atoms with Crippen molar-refractivity contribution in [3.05, 3.63) is 64.7 Å². The van der Waals surface area contributed by atoms with E-state index in [1.807, 2.05) is 18.2 Å². The fourth-order valence-electron chi connectivity index (χ4n) is 4.05. The molecule has 2 aromatic carbocycles. The zero-order chi connectivity index (χ0) is 21.5. The van der Waals surface area contributed by atoms with E-state index in [-0.39, 0.29) is 12.3 Å². The Balaban J connectivity index is 1.47. The van der Waals surface area contributed by atoms with Gasteiger partial charge in [-0.3, -0.25) is 19.3 Å². The average Bonchev–Trinajstić information content (AvgIpc) is 3.27. The van der Waals surface area contributed by atoms with E-state index in [4.69, 9.17) is 0 Å². The average molecular weight is 405 g/mol. The minimum absolute atomic E-state index is 0.0712. The van der Waals surface area contributed by atoms with Gasteiger partial charge in [-0.15, -0.1) is 0 Å². The fraction of sp³-hybridized carbons (Fsp3) is 0.304. The fourth-order valence-corrected chi connectivity index (χ4v) is 4.05. The minimum Gasteiger partial charge on any atom is -0.325 e. The lowest BCUT2D eigenvalue weighted by Crippen LogP contribution is -2.42. The number of urea groups is 1. The number of benzene rings is 2. The summed E-state index contributed by atoms with van der Waals surface area (Å²) >= 11 is 0. The first-order chi connectivity index (χ1) is 14.3. The molecule has 4 rings (SSSR count). The molecule has 1 aliphatic heterocycles. The van der Waals surface area contributed by atoms with Crippen LogP contribution in [0.3, 0.4) is 0 Å². The number of ketones is 1. The van der Waals surface area contributed by atoms with E-state index in [0.717, 1.165) is 29.7 Å². The van der Waals surface area contributed by atoms with Gasteiger partial charge in [0.1, 0.15) is 12.1 Å². The third kappa shape index (κ3) is 3.47. The highest BCUT2D eigenvalue weighted by molar-refractivity contribution is 6.10. The number of hydrogen-bond donors (Lipinski definition) is 2. The van der Waals surface area contributed by atoms with Gasteiger partial charge in [0.25, 0.3) is 5.91 Å². The van der Waals surface area contributed by atoms with Crippen molar-refractivity contribution in [2.45, 2.75) is 38.6 Å². The first kappa shape index (κ1) is 19.8. The molecule has 154 valence electrons. The number of hydrogen-bond acceptors (Lipinski definition) is 4. The van der Waals surface area contributed by atoms with Crippen molar-refractivity contribution in [3.8, 4) is 0 Å².